The summed E-state index contributed by atoms with van der Waals surface area (Å²) in [5.74, 6) is 0.890. The standard InChI is InChI=1S/C21H13Br2ClN2O3/c1-28-18-6-2-11(8-15(18)23)21-26-17-10-13(4-7-19(17)29-21)25-20(27)14-9-12(22)3-5-16(14)24/h2-10H,1H3,(H,25,27). The average Bonchev–Trinajstić information content (AvgIpc) is 3.13. The van der Waals surface area contributed by atoms with Crippen LogP contribution < -0.4 is 10.1 Å². The van der Waals surface area contributed by atoms with Crippen LogP contribution in [0.1, 0.15) is 10.4 Å². The van der Waals surface area contributed by atoms with Crippen molar-refractivity contribution in [3.8, 4) is 17.2 Å². The quantitative estimate of drug-likeness (QED) is 0.307. The van der Waals surface area contributed by atoms with E-state index < -0.39 is 0 Å². The highest BCUT2D eigenvalue weighted by molar-refractivity contribution is 9.10. The summed E-state index contributed by atoms with van der Waals surface area (Å²) in [6, 6.07) is 16.0. The third-order valence-corrected chi connectivity index (χ3v) is 5.66. The van der Waals surface area contributed by atoms with Gasteiger partial charge in [0.25, 0.3) is 5.91 Å². The van der Waals surface area contributed by atoms with Gasteiger partial charge in [0, 0.05) is 15.7 Å². The van der Waals surface area contributed by atoms with Gasteiger partial charge in [-0.2, -0.15) is 0 Å². The Morgan fingerprint density at radius 2 is 1.93 bits per heavy atom. The first-order valence-electron chi connectivity index (χ1n) is 8.45. The van der Waals surface area contributed by atoms with Crippen LogP contribution in [0.15, 0.2) is 68.0 Å². The zero-order valence-corrected chi connectivity index (χ0v) is 18.9. The van der Waals surface area contributed by atoms with Crippen molar-refractivity contribution in [3.63, 3.8) is 0 Å². The van der Waals surface area contributed by atoms with Gasteiger partial charge in [-0.15, -0.1) is 0 Å². The number of aromatic nitrogens is 1. The number of halogens is 3. The Balaban J connectivity index is 1.62. The van der Waals surface area contributed by atoms with Gasteiger partial charge in [0.2, 0.25) is 5.89 Å². The number of anilines is 1. The van der Waals surface area contributed by atoms with E-state index in [9.17, 15) is 4.79 Å². The molecule has 0 aliphatic heterocycles. The van der Waals surface area contributed by atoms with Crippen LogP contribution in [0.25, 0.3) is 22.6 Å². The molecule has 0 fully saturated rings. The summed E-state index contributed by atoms with van der Waals surface area (Å²) in [5, 5.41) is 3.22. The van der Waals surface area contributed by atoms with Gasteiger partial charge in [-0.3, -0.25) is 4.79 Å². The van der Waals surface area contributed by atoms with Crippen molar-refractivity contribution in [3.05, 3.63) is 74.1 Å². The SMILES string of the molecule is COc1ccc(-c2nc3cc(NC(=O)c4cc(Br)ccc4Cl)ccc3o2)cc1Br. The van der Waals surface area contributed by atoms with Crippen LogP contribution in [-0.4, -0.2) is 18.0 Å². The summed E-state index contributed by atoms with van der Waals surface area (Å²) in [7, 11) is 1.61. The third-order valence-electron chi connectivity index (χ3n) is 4.22. The Morgan fingerprint density at radius 3 is 2.69 bits per heavy atom. The van der Waals surface area contributed by atoms with E-state index in [2.05, 4.69) is 42.2 Å². The smallest absolute Gasteiger partial charge is 0.257 e. The van der Waals surface area contributed by atoms with E-state index in [-0.39, 0.29) is 5.91 Å². The van der Waals surface area contributed by atoms with Crippen molar-refractivity contribution in [2.45, 2.75) is 0 Å². The van der Waals surface area contributed by atoms with Crippen LogP contribution in [0.5, 0.6) is 5.75 Å². The number of methoxy groups -OCH3 is 1. The average molecular weight is 537 g/mol. The van der Waals surface area contributed by atoms with Gasteiger partial charge < -0.3 is 14.5 Å². The van der Waals surface area contributed by atoms with E-state index in [1.165, 1.54) is 0 Å². The van der Waals surface area contributed by atoms with Gasteiger partial charge >= 0.3 is 0 Å². The summed E-state index contributed by atoms with van der Waals surface area (Å²) in [6.45, 7) is 0. The predicted molar refractivity (Wildman–Crippen MR) is 121 cm³/mol. The van der Waals surface area contributed by atoms with Crippen molar-refractivity contribution in [1.29, 1.82) is 0 Å². The molecule has 1 amide bonds. The fourth-order valence-electron chi connectivity index (χ4n) is 2.80. The molecule has 0 aliphatic carbocycles. The summed E-state index contributed by atoms with van der Waals surface area (Å²) in [4.78, 5) is 17.1. The van der Waals surface area contributed by atoms with Crippen LogP contribution in [-0.2, 0) is 0 Å². The maximum absolute atomic E-state index is 12.6. The molecule has 0 unspecified atom stereocenters. The Hall–Kier alpha value is -2.35. The fraction of sp³-hybridized carbons (Fsp3) is 0.0476. The van der Waals surface area contributed by atoms with E-state index in [4.69, 9.17) is 20.8 Å². The molecule has 0 saturated carbocycles. The highest BCUT2D eigenvalue weighted by atomic mass is 79.9. The van der Waals surface area contributed by atoms with Crippen molar-refractivity contribution < 1.29 is 13.9 Å². The molecular formula is C21H13Br2ClN2O3. The number of rotatable bonds is 4. The Labute approximate surface area is 188 Å². The van der Waals surface area contributed by atoms with Crippen molar-refractivity contribution in [2.75, 3.05) is 12.4 Å². The summed E-state index contributed by atoms with van der Waals surface area (Å²) < 4.78 is 12.7. The lowest BCUT2D eigenvalue weighted by atomic mass is 10.2. The molecule has 0 aliphatic rings. The largest absolute Gasteiger partial charge is 0.496 e. The van der Waals surface area contributed by atoms with Crippen LogP contribution >= 0.6 is 43.5 Å². The highest BCUT2D eigenvalue weighted by Crippen LogP contribution is 2.32. The number of hydrogen-bond acceptors (Lipinski definition) is 4. The minimum absolute atomic E-state index is 0.307. The second-order valence-corrected chi connectivity index (χ2v) is 8.31. The van der Waals surface area contributed by atoms with Crippen LogP contribution in [0.2, 0.25) is 5.02 Å². The summed E-state index contributed by atoms with van der Waals surface area (Å²) >= 11 is 12.9. The Kier molecular flexibility index (Phi) is 5.63. The molecule has 8 heteroatoms. The zero-order valence-electron chi connectivity index (χ0n) is 15.0. The zero-order chi connectivity index (χ0) is 20.5. The number of oxazole rings is 1. The van der Waals surface area contributed by atoms with Gasteiger partial charge in [-0.25, -0.2) is 4.98 Å². The number of hydrogen-bond donors (Lipinski definition) is 1. The van der Waals surface area contributed by atoms with Gasteiger partial charge in [0.15, 0.2) is 5.58 Å². The van der Waals surface area contributed by atoms with Gasteiger partial charge in [-0.05, 0) is 70.5 Å². The van der Waals surface area contributed by atoms with Crippen LogP contribution in [0.4, 0.5) is 5.69 Å². The number of nitrogens with one attached hydrogen (secondary N) is 1. The topological polar surface area (TPSA) is 64.4 Å². The molecule has 1 heterocycles. The number of amides is 1. The number of nitrogens with zero attached hydrogens (tertiary/aromatic N) is 1. The van der Waals surface area contributed by atoms with Crippen molar-refractivity contribution >= 4 is 66.2 Å². The molecule has 1 aromatic heterocycles. The first-order chi connectivity index (χ1) is 13.9. The molecule has 0 bridgehead atoms. The van der Waals surface area contributed by atoms with Crippen LogP contribution in [0, 0.1) is 0 Å². The minimum Gasteiger partial charge on any atom is -0.496 e. The van der Waals surface area contributed by atoms with Crippen LogP contribution in [0.3, 0.4) is 0 Å². The lowest BCUT2D eigenvalue weighted by molar-refractivity contribution is 0.102. The summed E-state index contributed by atoms with van der Waals surface area (Å²) in [5.41, 5.74) is 3.02. The molecule has 0 saturated heterocycles. The molecule has 0 atom stereocenters. The molecule has 0 spiro atoms. The first-order valence-corrected chi connectivity index (χ1v) is 10.4. The second kappa shape index (κ2) is 8.18. The lowest BCUT2D eigenvalue weighted by Gasteiger charge is -2.07. The number of benzene rings is 3. The van der Waals surface area contributed by atoms with E-state index in [1.807, 2.05) is 18.2 Å². The molecule has 0 radical (unpaired) electrons. The molecule has 3 aromatic carbocycles. The Bertz CT molecular complexity index is 1240. The monoisotopic (exact) mass is 534 g/mol. The summed E-state index contributed by atoms with van der Waals surface area (Å²) in [6.07, 6.45) is 0. The maximum atomic E-state index is 12.6. The van der Waals surface area contributed by atoms with E-state index in [1.54, 1.807) is 43.5 Å². The molecule has 29 heavy (non-hydrogen) atoms. The van der Waals surface area contributed by atoms with E-state index in [0.29, 0.717) is 33.3 Å². The molecule has 5 nitrogen and oxygen atoms in total. The van der Waals surface area contributed by atoms with Crippen molar-refractivity contribution in [1.82, 2.24) is 4.98 Å². The number of carbonyl (C=O) groups is 1. The first kappa shape index (κ1) is 19.9. The van der Waals surface area contributed by atoms with Gasteiger partial charge in [0.1, 0.15) is 11.3 Å². The lowest BCUT2D eigenvalue weighted by Crippen LogP contribution is -2.12. The normalized spacial score (nSPS) is 10.9. The number of fused-ring (bicyclic) bond motifs is 1. The van der Waals surface area contributed by atoms with E-state index >= 15 is 0 Å². The van der Waals surface area contributed by atoms with E-state index in [0.717, 1.165) is 20.3 Å². The third kappa shape index (κ3) is 4.17. The van der Waals surface area contributed by atoms with Gasteiger partial charge in [0.05, 0.1) is 22.2 Å². The highest BCUT2D eigenvalue weighted by Gasteiger charge is 2.14. The molecular weight excluding hydrogens is 524 g/mol. The van der Waals surface area contributed by atoms with Crippen molar-refractivity contribution in [2.24, 2.45) is 0 Å². The van der Waals surface area contributed by atoms with Gasteiger partial charge in [-0.1, -0.05) is 27.5 Å². The fourth-order valence-corrected chi connectivity index (χ4v) is 3.90. The molecule has 4 aromatic rings. The molecule has 146 valence electrons. The predicted octanol–water partition coefficient (Wildman–Crippen LogP) is 6.93. The number of ether oxygens (including phenoxy) is 1. The Morgan fingerprint density at radius 1 is 1.10 bits per heavy atom. The molecule has 1 N–H and O–H groups in total. The molecule has 4 rings (SSSR count). The number of carbonyl (C=O) groups excluding carboxylic acids is 1. The second-order valence-electron chi connectivity index (χ2n) is 6.13. The minimum atomic E-state index is -0.307. The maximum Gasteiger partial charge on any atom is 0.257 e.